The van der Waals surface area contributed by atoms with E-state index in [9.17, 15) is 69.3 Å². The second-order valence-electron chi connectivity index (χ2n) is 26.6. The number of hydrogen-bond donors (Lipinski definition) is 13. The highest BCUT2D eigenvalue weighted by atomic mass is 32.1. The molecule has 0 spiro atoms. The van der Waals surface area contributed by atoms with Crippen molar-refractivity contribution in [3.8, 4) is 33.2 Å². The van der Waals surface area contributed by atoms with Crippen LogP contribution in [0, 0.1) is 17.8 Å². The SMILES string of the molecule is COc1cc(C[C@@H](O)[C@@H]2NC(=O)[C@@H]3C[C@@H](O)CN3C(=O)[C@H]([C@@H](C)O)NC(=O)[C@H](NCC3CCC(c4nnc(-c5ccc(-c6cnc(N7CCN(CC8CCCC8)CC7)nc6)cc5)s4)CC3)C[C@@H](O)CNC(=O)[C@@H]3[C@@H](O)[C@@H](C)CN3C(=O)[C@H]([C@H](O)CC(N)=O)NC2=O)ccc1O. The third kappa shape index (κ3) is 17.2. The predicted octanol–water partition coefficient (Wildman–Crippen LogP) is -1.35. The van der Waals surface area contributed by atoms with Gasteiger partial charge in [0.15, 0.2) is 11.5 Å². The van der Waals surface area contributed by atoms with Gasteiger partial charge in [-0.2, -0.15) is 0 Å². The van der Waals surface area contributed by atoms with E-state index < -0.39 is 152 Å². The number of β-amino-alcohol motifs (C(OH)–C–C–N with tert-alkyl or cyclic N) is 1. The van der Waals surface area contributed by atoms with Crippen LogP contribution >= 0.6 is 11.3 Å². The molecule has 30 heteroatoms. The molecule has 4 saturated heterocycles. The molecule has 0 bridgehead atoms. The molecular weight excluding hydrogens is 1250 g/mol. The topological polar surface area (TPSA) is 421 Å². The second-order valence-corrected chi connectivity index (χ2v) is 27.6. The standard InChI is InChI=1S/C65H90N14O15S/c1-34-31-79-55(56(34)87)60(91)68-30-43(81)24-45(67-27-36-8-11-40(12-9-36)61-74-75-62(95-61)41-15-13-39(14-16-41)42-28-69-65(70-29-42)77-20-18-76(19-21-77)32-37-6-4-5-7-37)57(88)71-52(35(2)80)63(92)78-33-44(82)25-46(78)58(89)72-53(48(84)22-38-10-17-47(83)50(23-38)94-3)59(90)73-54(64(79)93)49(85)26-51(66)86/h10,13-17,23,28-29,34-37,40,43-46,48-49,52-56,67,80-85,87H,4-9,11-12,18-22,24-27,30-33H2,1-3H3,(H2,66,86)(H,68,91)(H,71,88)(H,72,89)(H,73,90)/t34-,35+,36?,40?,43+,44+,45+,46-,48+,49+,52-,53-,54-,55-,56-/m0/s1. The van der Waals surface area contributed by atoms with Gasteiger partial charge in [-0.1, -0.05) is 61.4 Å². The summed E-state index contributed by atoms with van der Waals surface area (Å²) in [6.07, 6.45) is -0.121. The number of ether oxygens (including phenoxy) is 1. The number of nitrogens with zero attached hydrogens (tertiary/aromatic N) is 8. The highest BCUT2D eigenvalue weighted by Crippen LogP contribution is 2.39. The van der Waals surface area contributed by atoms with Crippen LogP contribution in [0.25, 0.3) is 21.7 Å². The Balaban J connectivity index is 0.823. The lowest BCUT2D eigenvalue weighted by Gasteiger charge is -2.35. The number of methoxy groups -OCH3 is 1. The van der Waals surface area contributed by atoms with Gasteiger partial charge in [-0.15, -0.1) is 10.2 Å². The van der Waals surface area contributed by atoms with Crippen molar-refractivity contribution in [2.24, 2.45) is 23.5 Å². The third-order valence-corrected chi connectivity index (χ3v) is 20.7. The van der Waals surface area contributed by atoms with Crippen LogP contribution in [0.3, 0.4) is 0 Å². The van der Waals surface area contributed by atoms with Crippen LogP contribution in [0.2, 0.25) is 0 Å². The zero-order valence-electron chi connectivity index (χ0n) is 53.7. The molecule has 14 N–H and O–H groups in total. The number of piperazine rings is 1. The molecule has 7 amide bonds. The first kappa shape index (κ1) is 70.3. The molecular formula is C65H90N14O15S. The van der Waals surface area contributed by atoms with Gasteiger partial charge in [-0.05, 0) is 93.5 Å². The number of hydrogen-bond acceptors (Lipinski definition) is 23. The van der Waals surface area contributed by atoms with Gasteiger partial charge in [0.05, 0.1) is 56.2 Å². The van der Waals surface area contributed by atoms with Crippen molar-refractivity contribution in [1.29, 1.82) is 0 Å². The number of nitrogens with one attached hydrogen (secondary N) is 5. The monoisotopic (exact) mass is 1340 g/mol. The first-order valence-electron chi connectivity index (χ1n) is 33.0. The van der Waals surface area contributed by atoms with Gasteiger partial charge in [0.2, 0.25) is 47.3 Å². The van der Waals surface area contributed by atoms with E-state index in [0.717, 1.165) is 87.4 Å². The zero-order chi connectivity index (χ0) is 67.8. The van der Waals surface area contributed by atoms with E-state index in [2.05, 4.69) is 46.6 Å². The summed E-state index contributed by atoms with van der Waals surface area (Å²) in [5.74, 6) is -6.96. The summed E-state index contributed by atoms with van der Waals surface area (Å²) in [6, 6.07) is 1.52. The molecule has 2 aromatic heterocycles. The number of fused-ring (bicyclic) bond motifs is 2. The Morgan fingerprint density at radius 3 is 2.07 bits per heavy atom. The Morgan fingerprint density at radius 1 is 0.737 bits per heavy atom. The molecule has 4 aliphatic heterocycles. The highest BCUT2D eigenvalue weighted by molar-refractivity contribution is 7.14. The smallest absolute Gasteiger partial charge is 0.248 e. The van der Waals surface area contributed by atoms with Crippen molar-refractivity contribution in [2.45, 2.75) is 170 Å². The van der Waals surface area contributed by atoms with Crippen molar-refractivity contribution in [3.05, 3.63) is 65.4 Å². The van der Waals surface area contributed by atoms with Gasteiger partial charge in [0.1, 0.15) is 40.2 Å². The summed E-state index contributed by atoms with van der Waals surface area (Å²) in [7, 11) is 1.27. The molecule has 29 nitrogen and oxygen atoms in total. The Hall–Kier alpha value is -7.55. The molecule has 2 aliphatic carbocycles. The van der Waals surface area contributed by atoms with E-state index >= 15 is 0 Å². The van der Waals surface area contributed by atoms with Gasteiger partial charge >= 0.3 is 0 Å². The number of nitrogens with two attached hydrogens (primary N) is 1. The number of benzene rings is 2. The van der Waals surface area contributed by atoms with Crippen LogP contribution in [-0.2, 0) is 40.0 Å². The van der Waals surface area contributed by atoms with Crippen molar-refractivity contribution in [3.63, 3.8) is 0 Å². The Morgan fingerprint density at radius 2 is 1.40 bits per heavy atom. The summed E-state index contributed by atoms with van der Waals surface area (Å²) in [4.78, 5) is 116. The number of aromatic hydroxyl groups is 1. The molecule has 6 heterocycles. The summed E-state index contributed by atoms with van der Waals surface area (Å²) in [5, 5.41) is 103. The Bertz CT molecular complexity index is 3330. The van der Waals surface area contributed by atoms with E-state index in [1.807, 2.05) is 36.7 Å². The maximum atomic E-state index is 14.7. The van der Waals surface area contributed by atoms with Gasteiger partial charge < -0.3 is 87.5 Å². The van der Waals surface area contributed by atoms with Crippen molar-refractivity contribution in [2.75, 3.05) is 70.9 Å². The zero-order valence-corrected chi connectivity index (χ0v) is 54.6. The quantitative estimate of drug-likeness (QED) is 0.0581. The van der Waals surface area contributed by atoms with Gasteiger partial charge in [-0.3, -0.25) is 38.5 Å². The lowest BCUT2D eigenvalue weighted by molar-refractivity contribution is -0.147. The minimum atomic E-state index is -2.12. The van der Waals surface area contributed by atoms with E-state index in [1.54, 1.807) is 0 Å². The summed E-state index contributed by atoms with van der Waals surface area (Å²) < 4.78 is 5.20. The lowest BCUT2D eigenvalue weighted by Crippen LogP contribution is -2.64. The maximum absolute atomic E-state index is 14.7. The molecule has 6 aliphatic rings. The van der Waals surface area contributed by atoms with Crippen LogP contribution in [-0.4, -0.2) is 251 Å². The molecule has 4 aromatic rings. The van der Waals surface area contributed by atoms with E-state index in [1.165, 1.54) is 82.7 Å². The fourth-order valence-electron chi connectivity index (χ4n) is 14.1. The van der Waals surface area contributed by atoms with Crippen molar-refractivity contribution < 1.29 is 74.0 Å². The molecule has 6 fully saturated rings. The number of aliphatic hydroxyl groups is 6. The van der Waals surface area contributed by atoms with Gasteiger partial charge in [0, 0.05) is 101 Å². The van der Waals surface area contributed by atoms with Gasteiger partial charge in [0.25, 0.3) is 0 Å². The largest absolute Gasteiger partial charge is 0.504 e. The van der Waals surface area contributed by atoms with Gasteiger partial charge in [-0.25, -0.2) is 9.97 Å². The van der Waals surface area contributed by atoms with Crippen LogP contribution in [0.1, 0.15) is 101 Å². The summed E-state index contributed by atoms with van der Waals surface area (Å²) in [5.41, 5.74) is 8.53. The van der Waals surface area contributed by atoms with E-state index in [-0.39, 0.29) is 48.4 Å². The molecule has 95 heavy (non-hydrogen) atoms. The molecule has 0 unspecified atom stereocenters. The number of anilines is 1. The first-order valence-corrected chi connectivity index (χ1v) is 33.8. The summed E-state index contributed by atoms with van der Waals surface area (Å²) in [6.45, 7) is 6.71. The van der Waals surface area contributed by atoms with E-state index in [4.69, 9.17) is 20.4 Å². The third-order valence-electron chi connectivity index (χ3n) is 19.6. The average molecular weight is 1340 g/mol. The minimum Gasteiger partial charge on any atom is -0.504 e. The molecule has 2 aromatic carbocycles. The lowest BCUT2D eigenvalue weighted by atomic mass is 9.82. The number of phenols is 1. The van der Waals surface area contributed by atoms with E-state index in [0.29, 0.717) is 12.8 Å². The number of carbonyl (C=O) groups is 7. The summed E-state index contributed by atoms with van der Waals surface area (Å²) >= 11 is 1.54. The minimum absolute atomic E-state index is 0.0134. The van der Waals surface area contributed by atoms with Crippen LogP contribution in [0.15, 0.2) is 54.9 Å². The second kappa shape index (κ2) is 31.5. The molecule has 13 atom stereocenters. The molecule has 0 radical (unpaired) electrons. The number of amides is 7. The molecule has 10 rings (SSSR count). The van der Waals surface area contributed by atoms with Crippen LogP contribution in [0.5, 0.6) is 11.5 Å². The molecule has 516 valence electrons. The number of phenolic OH excluding ortho intramolecular Hbond substituents is 1. The highest BCUT2D eigenvalue weighted by Gasteiger charge is 2.50. The fraction of sp³-hybridized carbons (Fsp3) is 0.615. The predicted molar refractivity (Wildman–Crippen MR) is 346 cm³/mol. The number of rotatable bonds is 17. The first-order chi connectivity index (χ1) is 45.5. The van der Waals surface area contributed by atoms with Crippen LogP contribution < -0.4 is 42.0 Å². The number of primary amides is 1. The Kier molecular flexibility index (Phi) is 23.3. The number of carbonyl (C=O) groups excluding carboxylic acids is 7. The molecule has 2 saturated carbocycles. The van der Waals surface area contributed by atoms with Crippen molar-refractivity contribution in [1.82, 2.24) is 61.4 Å². The maximum Gasteiger partial charge on any atom is 0.248 e. The average Bonchev–Trinajstić information content (AvgIpc) is 1.76. The van der Waals surface area contributed by atoms with Crippen molar-refractivity contribution >= 4 is 58.6 Å². The van der Waals surface area contributed by atoms with Crippen LogP contribution in [0.4, 0.5) is 5.95 Å². The number of aliphatic hydroxyl groups excluding tert-OH is 6. The normalized spacial score (nSPS) is 29.1. The number of aromatic nitrogens is 4. The Labute approximate surface area is 554 Å². The fourth-order valence-corrected chi connectivity index (χ4v) is 15.1.